The van der Waals surface area contributed by atoms with Crippen molar-refractivity contribution in [3.05, 3.63) is 58.8 Å². The van der Waals surface area contributed by atoms with Gasteiger partial charge in [-0.3, -0.25) is 9.59 Å². The highest BCUT2D eigenvalue weighted by molar-refractivity contribution is 9.10. The van der Waals surface area contributed by atoms with Crippen LogP contribution in [-0.4, -0.2) is 25.5 Å². The maximum absolute atomic E-state index is 12.3. The fourth-order valence-corrected chi connectivity index (χ4v) is 2.66. The molecule has 0 saturated heterocycles. The summed E-state index contributed by atoms with van der Waals surface area (Å²) in [5, 5.41) is 6.28. The predicted molar refractivity (Wildman–Crippen MR) is 98.8 cm³/mol. The first-order valence-corrected chi connectivity index (χ1v) is 8.24. The lowest BCUT2D eigenvalue weighted by atomic mass is 10.2. The second-order valence-corrected chi connectivity index (χ2v) is 6.22. The number of hydrogen-bond donors (Lipinski definition) is 2. The number of nitrogens with one attached hydrogen (secondary N) is 2. The van der Waals surface area contributed by atoms with E-state index >= 15 is 0 Å². The first kappa shape index (κ1) is 17.2. The van der Waals surface area contributed by atoms with Gasteiger partial charge in [0.1, 0.15) is 12.2 Å². The molecule has 25 heavy (non-hydrogen) atoms. The smallest absolute Gasteiger partial charge is 0.291 e. The van der Waals surface area contributed by atoms with Crippen LogP contribution in [0.1, 0.15) is 10.6 Å². The molecule has 3 rings (SSSR count). The summed E-state index contributed by atoms with van der Waals surface area (Å²) in [6.07, 6.45) is 0. The van der Waals surface area contributed by atoms with Gasteiger partial charge in [-0.25, -0.2) is 0 Å². The number of fused-ring (bicyclic) bond motifs is 1. The van der Waals surface area contributed by atoms with Gasteiger partial charge in [0.2, 0.25) is 5.91 Å². The molecule has 0 aliphatic rings. The molecule has 0 bridgehead atoms. The summed E-state index contributed by atoms with van der Waals surface area (Å²) >= 11 is 3.39. The number of carbonyl (C=O) groups excluding carboxylic acids is 2. The van der Waals surface area contributed by atoms with Gasteiger partial charge in [-0.15, -0.1) is 0 Å². The molecule has 0 aliphatic carbocycles. The summed E-state index contributed by atoms with van der Waals surface area (Å²) in [6, 6.07) is 14.0. The molecule has 128 valence electrons. The Hall–Kier alpha value is -2.64. The maximum Gasteiger partial charge on any atom is 0.291 e. The van der Waals surface area contributed by atoms with E-state index in [4.69, 9.17) is 9.15 Å². The molecule has 3 aromatic rings. The summed E-state index contributed by atoms with van der Waals surface area (Å²) < 4.78 is 11.2. The largest absolute Gasteiger partial charge is 0.451 e. The van der Waals surface area contributed by atoms with E-state index in [1.807, 2.05) is 12.1 Å². The van der Waals surface area contributed by atoms with Crippen molar-refractivity contribution in [1.29, 1.82) is 0 Å². The van der Waals surface area contributed by atoms with Crippen LogP contribution in [0.25, 0.3) is 11.0 Å². The number of hydrogen-bond acceptors (Lipinski definition) is 4. The number of anilines is 2. The van der Waals surface area contributed by atoms with E-state index in [0.717, 1.165) is 9.86 Å². The third-order valence-corrected chi connectivity index (χ3v) is 3.90. The Morgan fingerprint density at radius 3 is 2.40 bits per heavy atom. The van der Waals surface area contributed by atoms with Crippen LogP contribution in [0.4, 0.5) is 11.4 Å². The highest BCUT2D eigenvalue weighted by Crippen LogP contribution is 2.24. The van der Waals surface area contributed by atoms with Crippen LogP contribution in [0.2, 0.25) is 0 Å². The molecule has 6 nitrogen and oxygen atoms in total. The summed E-state index contributed by atoms with van der Waals surface area (Å²) in [5.41, 5.74) is 1.86. The number of furan rings is 1. The third-order valence-electron chi connectivity index (χ3n) is 3.40. The fourth-order valence-electron chi connectivity index (χ4n) is 2.28. The van der Waals surface area contributed by atoms with Crippen molar-refractivity contribution >= 4 is 50.1 Å². The highest BCUT2D eigenvalue weighted by atomic mass is 79.9. The Bertz CT molecular complexity index is 918. The minimum atomic E-state index is -0.344. The molecule has 2 N–H and O–H groups in total. The molecule has 0 radical (unpaired) electrons. The molecule has 1 aromatic heterocycles. The second-order valence-electron chi connectivity index (χ2n) is 5.31. The van der Waals surface area contributed by atoms with Gasteiger partial charge in [0.05, 0.1) is 0 Å². The minimum Gasteiger partial charge on any atom is -0.451 e. The zero-order valence-electron chi connectivity index (χ0n) is 13.3. The lowest BCUT2D eigenvalue weighted by Gasteiger charge is -2.06. The normalized spacial score (nSPS) is 10.6. The van der Waals surface area contributed by atoms with Gasteiger partial charge in [-0.05, 0) is 48.5 Å². The molecule has 0 unspecified atom stereocenters. The number of halogens is 1. The van der Waals surface area contributed by atoms with Gasteiger partial charge in [0.15, 0.2) is 5.76 Å². The second kappa shape index (κ2) is 7.50. The van der Waals surface area contributed by atoms with Crippen LogP contribution in [0.3, 0.4) is 0 Å². The van der Waals surface area contributed by atoms with Crippen LogP contribution >= 0.6 is 15.9 Å². The molecule has 7 heteroatoms. The molecule has 0 saturated carbocycles. The number of benzene rings is 2. The minimum absolute atomic E-state index is 0.0132. The van der Waals surface area contributed by atoms with Crippen molar-refractivity contribution in [3.8, 4) is 0 Å². The van der Waals surface area contributed by atoms with Gasteiger partial charge in [0.25, 0.3) is 5.91 Å². The van der Waals surface area contributed by atoms with Crippen LogP contribution in [0, 0.1) is 0 Å². The number of methoxy groups -OCH3 is 1. The molecule has 0 atom stereocenters. The van der Waals surface area contributed by atoms with E-state index in [1.165, 1.54) is 7.11 Å². The van der Waals surface area contributed by atoms with Crippen LogP contribution in [0.15, 0.2) is 57.4 Å². The van der Waals surface area contributed by atoms with Crippen molar-refractivity contribution in [3.63, 3.8) is 0 Å². The maximum atomic E-state index is 12.3. The Labute approximate surface area is 152 Å². The van der Waals surface area contributed by atoms with Crippen LogP contribution in [0.5, 0.6) is 0 Å². The highest BCUT2D eigenvalue weighted by Gasteiger charge is 2.13. The number of rotatable bonds is 5. The van der Waals surface area contributed by atoms with E-state index in [0.29, 0.717) is 17.0 Å². The predicted octanol–water partition coefficient (Wildman–Crippen LogP) is 4.03. The standard InChI is InChI=1S/C18H15BrN2O4/c1-24-10-17(22)20-13-3-5-14(6-4-13)21-18(23)16-9-11-8-12(19)2-7-15(11)25-16/h2-9H,10H2,1H3,(H,20,22)(H,21,23). The Balaban J connectivity index is 1.68. The van der Waals surface area contributed by atoms with E-state index < -0.39 is 0 Å². The monoisotopic (exact) mass is 402 g/mol. The molecular formula is C18H15BrN2O4. The molecule has 0 spiro atoms. The topological polar surface area (TPSA) is 80.6 Å². The lowest BCUT2D eigenvalue weighted by molar-refractivity contribution is -0.119. The molecule has 0 aliphatic heterocycles. The first-order chi connectivity index (χ1) is 12.0. The Morgan fingerprint density at radius 2 is 1.72 bits per heavy atom. The van der Waals surface area contributed by atoms with Crippen LogP contribution < -0.4 is 10.6 Å². The molecular weight excluding hydrogens is 388 g/mol. The Morgan fingerprint density at radius 1 is 1.04 bits per heavy atom. The van der Waals surface area contributed by atoms with Gasteiger partial charge >= 0.3 is 0 Å². The van der Waals surface area contributed by atoms with Crippen molar-refractivity contribution in [2.75, 3.05) is 24.4 Å². The van der Waals surface area contributed by atoms with Crippen molar-refractivity contribution in [1.82, 2.24) is 0 Å². The SMILES string of the molecule is COCC(=O)Nc1ccc(NC(=O)c2cc3cc(Br)ccc3o2)cc1. The summed E-state index contributed by atoms with van der Waals surface area (Å²) in [5.74, 6) is -0.359. The summed E-state index contributed by atoms with van der Waals surface area (Å²) in [6.45, 7) is -0.0132. The van der Waals surface area contributed by atoms with E-state index in [9.17, 15) is 9.59 Å². The zero-order valence-corrected chi connectivity index (χ0v) is 14.9. The van der Waals surface area contributed by atoms with Gasteiger partial charge in [-0.1, -0.05) is 15.9 Å². The van der Waals surface area contributed by atoms with Crippen molar-refractivity contribution in [2.45, 2.75) is 0 Å². The van der Waals surface area contributed by atoms with Gasteiger partial charge in [-0.2, -0.15) is 0 Å². The first-order valence-electron chi connectivity index (χ1n) is 7.44. The van der Waals surface area contributed by atoms with E-state index in [1.54, 1.807) is 36.4 Å². The van der Waals surface area contributed by atoms with Crippen LogP contribution in [-0.2, 0) is 9.53 Å². The van der Waals surface area contributed by atoms with E-state index in [-0.39, 0.29) is 24.2 Å². The van der Waals surface area contributed by atoms with Crippen molar-refractivity contribution < 1.29 is 18.7 Å². The zero-order chi connectivity index (χ0) is 17.8. The number of carbonyl (C=O) groups is 2. The average molecular weight is 403 g/mol. The quantitative estimate of drug-likeness (QED) is 0.674. The van der Waals surface area contributed by atoms with Crippen molar-refractivity contribution in [2.24, 2.45) is 0 Å². The molecule has 1 heterocycles. The molecule has 2 aromatic carbocycles. The number of amides is 2. The fraction of sp³-hybridized carbons (Fsp3) is 0.111. The van der Waals surface area contributed by atoms with Gasteiger partial charge in [0, 0.05) is 28.3 Å². The Kier molecular flexibility index (Phi) is 5.16. The average Bonchev–Trinajstić information content (AvgIpc) is 3.00. The molecule has 2 amide bonds. The van der Waals surface area contributed by atoms with Gasteiger partial charge < -0.3 is 19.8 Å². The summed E-state index contributed by atoms with van der Waals surface area (Å²) in [7, 11) is 1.45. The van der Waals surface area contributed by atoms with E-state index in [2.05, 4.69) is 26.6 Å². The third kappa shape index (κ3) is 4.26. The summed E-state index contributed by atoms with van der Waals surface area (Å²) in [4.78, 5) is 23.8. The molecule has 0 fully saturated rings. The number of ether oxygens (including phenoxy) is 1. The lowest BCUT2D eigenvalue weighted by Crippen LogP contribution is -2.17.